The van der Waals surface area contributed by atoms with E-state index in [0.29, 0.717) is 11.4 Å². The van der Waals surface area contributed by atoms with Gasteiger partial charge in [-0.05, 0) is 38.2 Å². The maximum atomic E-state index is 9.42. The number of rotatable bonds is 1. The Bertz CT molecular complexity index is 837. The number of fused-ring (bicyclic) bond motifs is 2. The van der Waals surface area contributed by atoms with Crippen molar-refractivity contribution in [3.8, 4) is 6.07 Å². The third-order valence-electron chi connectivity index (χ3n) is 5.21. The first kappa shape index (κ1) is 14.8. The number of piperidine rings is 1. The van der Waals surface area contributed by atoms with E-state index >= 15 is 0 Å². The van der Waals surface area contributed by atoms with Gasteiger partial charge < -0.3 is 10.6 Å². The predicted molar refractivity (Wildman–Crippen MR) is 89.4 cm³/mol. The Morgan fingerprint density at radius 3 is 3.00 bits per heavy atom. The van der Waals surface area contributed by atoms with Gasteiger partial charge in [-0.3, -0.25) is 0 Å². The number of nitrogens with zero attached hydrogens (tertiary/aromatic N) is 6. The third-order valence-corrected chi connectivity index (χ3v) is 5.21. The van der Waals surface area contributed by atoms with Crippen LogP contribution < -0.4 is 10.6 Å². The van der Waals surface area contributed by atoms with Crippen LogP contribution in [0.5, 0.6) is 0 Å². The number of hydrogen-bond donors (Lipinski definition) is 1. The molecule has 1 saturated heterocycles. The van der Waals surface area contributed by atoms with Gasteiger partial charge in [-0.15, -0.1) is 0 Å². The van der Waals surface area contributed by atoms with Crippen LogP contribution in [0.4, 0.5) is 11.6 Å². The summed E-state index contributed by atoms with van der Waals surface area (Å²) in [6.07, 6.45) is 7.63. The highest BCUT2D eigenvalue weighted by Crippen LogP contribution is 2.44. The molecule has 4 rings (SSSR count). The molecule has 3 heterocycles. The molecule has 0 saturated carbocycles. The predicted octanol–water partition coefficient (Wildman–Crippen LogP) is 1.51. The van der Waals surface area contributed by atoms with Crippen molar-refractivity contribution in [3.63, 3.8) is 0 Å². The van der Waals surface area contributed by atoms with Gasteiger partial charge in [-0.1, -0.05) is 0 Å². The van der Waals surface area contributed by atoms with Crippen molar-refractivity contribution >= 4 is 11.6 Å². The first-order valence-corrected chi connectivity index (χ1v) is 8.21. The van der Waals surface area contributed by atoms with Gasteiger partial charge in [0.25, 0.3) is 0 Å². The van der Waals surface area contributed by atoms with Crippen LogP contribution in [-0.2, 0) is 11.8 Å². The van der Waals surface area contributed by atoms with Crippen molar-refractivity contribution in [1.29, 1.82) is 5.26 Å². The van der Waals surface area contributed by atoms with Crippen LogP contribution in [0.2, 0.25) is 0 Å². The van der Waals surface area contributed by atoms with E-state index in [1.54, 1.807) is 0 Å². The molecular formula is C17H19N7. The van der Waals surface area contributed by atoms with Gasteiger partial charge in [0.1, 0.15) is 29.6 Å². The lowest BCUT2D eigenvalue weighted by Gasteiger charge is -2.41. The molecule has 1 unspecified atom stereocenters. The van der Waals surface area contributed by atoms with Crippen LogP contribution in [0.15, 0.2) is 12.5 Å². The first-order chi connectivity index (χ1) is 11.6. The normalized spacial score (nSPS) is 22.4. The van der Waals surface area contributed by atoms with Crippen molar-refractivity contribution in [3.05, 3.63) is 35.2 Å². The standard InChI is InChI=1S/C17H19N7/c1-11-20-8-12-3-5-17(14(12)23-11)4-2-6-24(9-17)16-13(7-18)15(19)21-10-22-16/h8,10H,2-6,9H2,1H3,(H2,19,21,22). The molecule has 122 valence electrons. The van der Waals surface area contributed by atoms with Crippen molar-refractivity contribution in [1.82, 2.24) is 19.9 Å². The maximum absolute atomic E-state index is 9.42. The zero-order chi connectivity index (χ0) is 16.7. The molecule has 1 atom stereocenters. The van der Waals surface area contributed by atoms with E-state index < -0.39 is 0 Å². The maximum Gasteiger partial charge on any atom is 0.152 e. The zero-order valence-corrected chi connectivity index (χ0v) is 13.7. The molecule has 2 aromatic heterocycles. The fourth-order valence-corrected chi connectivity index (χ4v) is 4.08. The molecule has 0 radical (unpaired) electrons. The van der Waals surface area contributed by atoms with E-state index in [9.17, 15) is 5.26 Å². The number of hydrogen-bond acceptors (Lipinski definition) is 7. The van der Waals surface area contributed by atoms with Crippen LogP contribution in [-0.4, -0.2) is 33.0 Å². The van der Waals surface area contributed by atoms with Gasteiger partial charge in [0.2, 0.25) is 0 Å². The Morgan fingerprint density at radius 2 is 2.17 bits per heavy atom. The topological polar surface area (TPSA) is 105 Å². The van der Waals surface area contributed by atoms with Gasteiger partial charge in [0, 0.05) is 24.7 Å². The Labute approximate surface area is 140 Å². The molecule has 0 amide bonds. The summed E-state index contributed by atoms with van der Waals surface area (Å²) in [6.45, 7) is 3.61. The lowest BCUT2D eigenvalue weighted by atomic mass is 9.77. The minimum Gasteiger partial charge on any atom is -0.382 e. The molecule has 1 fully saturated rings. The number of nitrogens with two attached hydrogens (primary N) is 1. The van der Waals surface area contributed by atoms with Gasteiger partial charge in [0.15, 0.2) is 5.82 Å². The molecule has 1 spiro atoms. The molecule has 0 bridgehead atoms. The van der Waals surface area contributed by atoms with Crippen molar-refractivity contribution in [2.45, 2.75) is 38.0 Å². The van der Waals surface area contributed by atoms with Crippen LogP contribution in [0, 0.1) is 18.3 Å². The lowest BCUT2D eigenvalue weighted by molar-refractivity contribution is 0.332. The van der Waals surface area contributed by atoms with E-state index in [-0.39, 0.29) is 11.2 Å². The number of anilines is 2. The lowest BCUT2D eigenvalue weighted by Crippen LogP contribution is -2.46. The number of aryl methyl sites for hydroxylation is 2. The summed E-state index contributed by atoms with van der Waals surface area (Å²) in [5, 5.41) is 9.42. The van der Waals surface area contributed by atoms with Crippen molar-refractivity contribution < 1.29 is 0 Å². The van der Waals surface area contributed by atoms with Gasteiger partial charge in [-0.2, -0.15) is 5.26 Å². The monoisotopic (exact) mass is 321 g/mol. The molecule has 2 N–H and O–H groups in total. The second kappa shape index (κ2) is 5.41. The Morgan fingerprint density at radius 1 is 1.29 bits per heavy atom. The molecule has 1 aliphatic heterocycles. The average molecular weight is 321 g/mol. The molecule has 1 aliphatic carbocycles. The Balaban J connectivity index is 1.73. The second-order valence-corrected chi connectivity index (χ2v) is 6.67. The summed E-state index contributed by atoms with van der Waals surface area (Å²) in [7, 11) is 0. The van der Waals surface area contributed by atoms with E-state index in [4.69, 9.17) is 10.7 Å². The zero-order valence-electron chi connectivity index (χ0n) is 13.7. The summed E-state index contributed by atoms with van der Waals surface area (Å²) in [5.41, 5.74) is 8.68. The quantitative estimate of drug-likeness (QED) is 0.848. The minimum absolute atomic E-state index is 0.0215. The highest BCUT2D eigenvalue weighted by molar-refractivity contribution is 5.63. The summed E-state index contributed by atoms with van der Waals surface area (Å²) < 4.78 is 0. The molecular weight excluding hydrogens is 302 g/mol. The minimum atomic E-state index is 0.0215. The van der Waals surface area contributed by atoms with Gasteiger partial charge in [0.05, 0.1) is 5.69 Å². The van der Waals surface area contributed by atoms with E-state index in [0.717, 1.165) is 44.6 Å². The molecule has 7 nitrogen and oxygen atoms in total. The van der Waals surface area contributed by atoms with Gasteiger partial charge in [-0.25, -0.2) is 19.9 Å². The highest BCUT2D eigenvalue weighted by atomic mass is 15.2. The SMILES string of the molecule is Cc1ncc2c(n1)C1(CCCN(c3ncnc(N)c3C#N)C1)CC2. The summed E-state index contributed by atoms with van der Waals surface area (Å²) in [4.78, 5) is 19.6. The smallest absolute Gasteiger partial charge is 0.152 e. The van der Waals surface area contributed by atoms with Crippen molar-refractivity contribution in [2.24, 2.45) is 0 Å². The average Bonchev–Trinajstić information content (AvgIpc) is 2.92. The molecule has 7 heteroatoms. The van der Waals surface area contributed by atoms with Crippen LogP contribution in [0.25, 0.3) is 0 Å². The number of nitriles is 1. The van der Waals surface area contributed by atoms with Crippen molar-refractivity contribution in [2.75, 3.05) is 23.7 Å². The van der Waals surface area contributed by atoms with Crippen LogP contribution in [0.1, 0.15) is 41.9 Å². The number of nitrogen functional groups attached to an aromatic ring is 1. The fourth-order valence-electron chi connectivity index (χ4n) is 4.08. The van der Waals surface area contributed by atoms with E-state index in [1.807, 2.05) is 13.1 Å². The Kier molecular flexibility index (Phi) is 3.34. The summed E-state index contributed by atoms with van der Waals surface area (Å²) in [6, 6.07) is 2.15. The third kappa shape index (κ3) is 2.18. The van der Waals surface area contributed by atoms with E-state index in [1.165, 1.54) is 17.6 Å². The second-order valence-electron chi connectivity index (χ2n) is 6.67. The summed E-state index contributed by atoms with van der Waals surface area (Å²) in [5.74, 6) is 1.70. The van der Waals surface area contributed by atoms with Crippen LogP contribution >= 0.6 is 0 Å². The first-order valence-electron chi connectivity index (χ1n) is 8.21. The highest BCUT2D eigenvalue weighted by Gasteiger charge is 2.44. The molecule has 2 aromatic rings. The van der Waals surface area contributed by atoms with E-state index in [2.05, 4.69) is 25.9 Å². The molecule has 24 heavy (non-hydrogen) atoms. The van der Waals surface area contributed by atoms with Gasteiger partial charge >= 0.3 is 0 Å². The number of aromatic nitrogens is 4. The fraction of sp³-hybridized carbons (Fsp3) is 0.471. The van der Waals surface area contributed by atoms with Crippen LogP contribution in [0.3, 0.4) is 0 Å². The largest absolute Gasteiger partial charge is 0.382 e. The molecule has 2 aliphatic rings. The Hall–Kier alpha value is -2.75. The molecule has 0 aromatic carbocycles. The summed E-state index contributed by atoms with van der Waals surface area (Å²) >= 11 is 0.